The van der Waals surface area contributed by atoms with Gasteiger partial charge in [-0.1, -0.05) is 17.3 Å². The van der Waals surface area contributed by atoms with Crippen molar-refractivity contribution in [3.63, 3.8) is 0 Å². The number of hydrogen-bond acceptors (Lipinski definition) is 5. The molecule has 1 saturated heterocycles. The summed E-state index contributed by atoms with van der Waals surface area (Å²) in [6.45, 7) is 2.78. The van der Waals surface area contributed by atoms with Crippen molar-refractivity contribution in [2.24, 2.45) is 5.73 Å². The number of primary amides is 1. The van der Waals surface area contributed by atoms with Crippen LogP contribution in [0.25, 0.3) is 0 Å². The molecule has 0 bridgehead atoms. The molecule has 2 heterocycles. The van der Waals surface area contributed by atoms with Crippen LogP contribution < -0.4 is 5.73 Å². The largest absolute Gasteiger partial charge is 0.366 e. The Morgan fingerprint density at radius 2 is 2.17 bits per heavy atom. The lowest BCUT2D eigenvalue weighted by atomic mass is 9.96. The minimum Gasteiger partial charge on any atom is -0.366 e. The molecule has 1 saturated carbocycles. The molecule has 2 aromatic rings. The third-order valence-corrected chi connectivity index (χ3v) is 4.87. The van der Waals surface area contributed by atoms with Gasteiger partial charge in [0.05, 0.1) is 0 Å². The summed E-state index contributed by atoms with van der Waals surface area (Å²) in [6, 6.07) is 7.56. The molecule has 1 aliphatic carbocycles. The summed E-state index contributed by atoms with van der Waals surface area (Å²) in [6.07, 6.45) is 4.57. The Labute approximate surface area is 141 Å². The van der Waals surface area contributed by atoms with E-state index in [2.05, 4.69) is 15.0 Å². The van der Waals surface area contributed by atoms with E-state index in [0.717, 1.165) is 49.8 Å². The SMILES string of the molecule is NC(=O)c1cccc(CN2CCC[C@@H](c3noc(C4CC4)n3)C2)c1. The number of rotatable bonds is 5. The molecule has 6 heteroatoms. The van der Waals surface area contributed by atoms with E-state index in [1.54, 1.807) is 6.07 Å². The minimum absolute atomic E-state index is 0.328. The molecule has 6 nitrogen and oxygen atoms in total. The van der Waals surface area contributed by atoms with Crippen LogP contribution in [0, 0.1) is 0 Å². The van der Waals surface area contributed by atoms with Crippen LogP contribution in [0.15, 0.2) is 28.8 Å². The highest BCUT2D eigenvalue weighted by Crippen LogP contribution is 2.39. The maximum atomic E-state index is 11.3. The molecule has 126 valence electrons. The van der Waals surface area contributed by atoms with Gasteiger partial charge >= 0.3 is 0 Å². The maximum Gasteiger partial charge on any atom is 0.248 e. The molecule has 24 heavy (non-hydrogen) atoms. The lowest BCUT2D eigenvalue weighted by Crippen LogP contribution is -2.34. The van der Waals surface area contributed by atoms with Gasteiger partial charge in [-0.2, -0.15) is 4.98 Å². The molecule has 1 aliphatic heterocycles. The van der Waals surface area contributed by atoms with Crippen LogP contribution in [0.5, 0.6) is 0 Å². The number of nitrogens with zero attached hydrogens (tertiary/aromatic N) is 3. The molecule has 1 amide bonds. The van der Waals surface area contributed by atoms with Crippen molar-refractivity contribution < 1.29 is 9.32 Å². The lowest BCUT2D eigenvalue weighted by Gasteiger charge is -2.31. The van der Waals surface area contributed by atoms with E-state index in [0.29, 0.717) is 17.4 Å². The highest BCUT2D eigenvalue weighted by Gasteiger charge is 2.32. The lowest BCUT2D eigenvalue weighted by molar-refractivity contribution is 0.1000. The third-order valence-electron chi connectivity index (χ3n) is 4.87. The smallest absolute Gasteiger partial charge is 0.248 e. The van der Waals surface area contributed by atoms with E-state index in [-0.39, 0.29) is 5.91 Å². The molecular formula is C18H22N4O2. The Kier molecular flexibility index (Phi) is 4.06. The number of benzene rings is 1. The summed E-state index contributed by atoms with van der Waals surface area (Å²) < 4.78 is 5.41. The van der Waals surface area contributed by atoms with Crippen LogP contribution in [0.4, 0.5) is 0 Å². The van der Waals surface area contributed by atoms with E-state index < -0.39 is 0 Å². The first-order valence-electron chi connectivity index (χ1n) is 8.63. The highest BCUT2D eigenvalue weighted by atomic mass is 16.5. The fraction of sp³-hybridized carbons (Fsp3) is 0.500. The predicted octanol–water partition coefficient (Wildman–Crippen LogP) is 2.43. The summed E-state index contributed by atoms with van der Waals surface area (Å²) in [5.41, 5.74) is 7.04. The van der Waals surface area contributed by atoms with Crippen LogP contribution in [0.3, 0.4) is 0 Å². The number of amides is 1. The topological polar surface area (TPSA) is 85.3 Å². The van der Waals surface area contributed by atoms with Crippen molar-refractivity contribution in [2.45, 2.75) is 44.1 Å². The molecule has 1 atom stereocenters. The second-order valence-corrected chi connectivity index (χ2v) is 6.90. The van der Waals surface area contributed by atoms with Gasteiger partial charge in [0.2, 0.25) is 11.8 Å². The normalized spacial score (nSPS) is 21.8. The van der Waals surface area contributed by atoms with Gasteiger partial charge in [0.15, 0.2) is 5.82 Å². The van der Waals surface area contributed by atoms with Gasteiger partial charge in [0.1, 0.15) is 0 Å². The Balaban J connectivity index is 1.42. The number of carbonyl (C=O) groups is 1. The van der Waals surface area contributed by atoms with Crippen LogP contribution >= 0.6 is 0 Å². The number of likely N-dealkylation sites (tertiary alicyclic amines) is 1. The molecule has 0 unspecified atom stereocenters. The molecule has 1 aromatic heterocycles. The number of aromatic nitrogens is 2. The molecule has 0 spiro atoms. The summed E-state index contributed by atoms with van der Waals surface area (Å²) >= 11 is 0. The quantitative estimate of drug-likeness (QED) is 0.912. The van der Waals surface area contributed by atoms with Crippen molar-refractivity contribution in [1.82, 2.24) is 15.0 Å². The van der Waals surface area contributed by atoms with Gasteiger partial charge in [-0.05, 0) is 49.9 Å². The van der Waals surface area contributed by atoms with Gasteiger partial charge in [0.25, 0.3) is 0 Å². The Morgan fingerprint density at radius 1 is 1.29 bits per heavy atom. The fourth-order valence-corrected chi connectivity index (χ4v) is 3.40. The Bertz CT molecular complexity index is 738. The Morgan fingerprint density at radius 3 is 2.96 bits per heavy atom. The summed E-state index contributed by atoms with van der Waals surface area (Å²) in [7, 11) is 0. The first-order chi connectivity index (χ1) is 11.7. The molecular weight excluding hydrogens is 304 g/mol. The molecule has 2 aliphatic rings. The number of nitrogens with two attached hydrogens (primary N) is 1. The van der Waals surface area contributed by atoms with Gasteiger partial charge in [-0.3, -0.25) is 9.69 Å². The van der Waals surface area contributed by atoms with Gasteiger partial charge < -0.3 is 10.3 Å². The second kappa shape index (κ2) is 6.36. The van der Waals surface area contributed by atoms with Gasteiger partial charge in [0, 0.05) is 30.5 Å². The van der Waals surface area contributed by atoms with Crippen LogP contribution in [0.2, 0.25) is 0 Å². The average molecular weight is 326 g/mol. The highest BCUT2D eigenvalue weighted by molar-refractivity contribution is 5.92. The summed E-state index contributed by atoms with van der Waals surface area (Å²) in [5.74, 6) is 2.12. The van der Waals surface area contributed by atoms with E-state index in [1.165, 1.54) is 12.8 Å². The zero-order chi connectivity index (χ0) is 16.5. The standard InChI is InChI=1S/C18H22N4O2/c19-16(23)14-4-1-3-12(9-14)10-22-8-2-5-15(11-22)17-20-18(24-21-17)13-6-7-13/h1,3-4,9,13,15H,2,5-8,10-11H2,(H2,19,23)/t15-/m1/s1. The second-order valence-electron chi connectivity index (χ2n) is 6.90. The monoisotopic (exact) mass is 326 g/mol. The van der Waals surface area contributed by atoms with Gasteiger partial charge in [-0.25, -0.2) is 0 Å². The summed E-state index contributed by atoms with van der Waals surface area (Å²) in [4.78, 5) is 18.3. The van der Waals surface area contributed by atoms with Crippen molar-refractivity contribution in [3.8, 4) is 0 Å². The zero-order valence-electron chi connectivity index (χ0n) is 13.6. The first-order valence-corrected chi connectivity index (χ1v) is 8.63. The average Bonchev–Trinajstić information content (AvgIpc) is 3.32. The first kappa shape index (κ1) is 15.3. The van der Waals surface area contributed by atoms with Crippen molar-refractivity contribution in [2.75, 3.05) is 13.1 Å². The maximum absolute atomic E-state index is 11.3. The van der Waals surface area contributed by atoms with Crippen LogP contribution in [-0.4, -0.2) is 34.0 Å². The van der Waals surface area contributed by atoms with Crippen molar-refractivity contribution in [3.05, 3.63) is 47.1 Å². The molecule has 2 fully saturated rings. The van der Waals surface area contributed by atoms with E-state index in [9.17, 15) is 4.79 Å². The van der Waals surface area contributed by atoms with Crippen LogP contribution in [0.1, 0.15) is 65.2 Å². The number of carbonyl (C=O) groups excluding carboxylic acids is 1. The van der Waals surface area contributed by atoms with E-state index >= 15 is 0 Å². The van der Waals surface area contributed by atoms with Crippen molar-refractivity contribution >= 4 is 5.91 Å². The molecule has 0 radical (unpaired) electrons. The zero-order valence-corrected chi connectivity index (χ0v) is 13.6. The summed E-state index contributed by atoms with van der Waals surface area (Å²) in [5, 5.41) is 4.21. The van der Waals surface area contributed by atoms with E-state index in [1.807, 2.05) is 18.2 Å². The number of hydrogen-bond donors (Lipinski definition) is 1. The van der Waals surface area contributed by atoms with E-state index in [4.69, 9.17) is 10.3 Å². The Hall–Kier alpha value is -2.21. The van der Waals surface area contributed by atoms with Crippen molar-refractivity contribution in [1.29, 1.82) is 0 Å². The molecule has 1 aromatic carbocycles. The third kappa shape index (κ3) is 3.33. The minimum atomic E-state index is -0.382. The molecule has 4 rings (SSSR count). The predicted molar refractivity (Wildman–Crippen MR) is 88.5 cm³/mol. The number of piperidine rings is 1. The fourth-order valence-electron chi connectivity index (χ4n) is 3.40. The molecule has 2 N–H and O–H groups in total. The van der Waals surface area contributed by atoms with Crippen LogP contribution in [-0.2, 0) is 6.54 Å². The van der Waals surface area contributed by atoms with Gasteiger partial charge in [-0.15, -0.1) is 0 Å².